The number of primary amides is 1. The maximum absolute atomic E-state index is 14.2. The van der Waals surface area contributed by atoms with Gasteiger partial charge in [0.25, 0.3) is 0 Å². The molecule has 0 spiro atoms. The van der Waals surface area contributed by atoms with Crippen molar-refractivity contribution >= 4 is 62.9 Å². The first-order chi connectivity index (χ1) is 30.7. The molecule has 0 radical (unpaired) electrons. The van der Waals surface area contributed by atoms with Crippen LogP contribution in [0, 0.1) is 0 Å². The number of benzene rings is 3. The molecule has 0 aliphatic rings. The molecule has 0 unspecified atom stereocenters. The highest BCUT2D eigenvalue weighted by molar-refractivity contribution is 7.81. The number of carboxylic acids is 1. The summed E-state index contributed by atoms with van der Waals surface area (Å²) in [5.74, 6) is -5.63. The quantitative estimate of drug-likeness (QED) is 0.0361. The molecular formula is C44H55N7O13S. The van der Waals surface area contributed by atoms with Crippen molar-refractivity contribution in [3.8, 4) is 5.75 Å². The highest BCUT2D eigenvalue weighted by Gasteiger charge is 2.33. The Morgan fingerprint density at radius 2 is 1.38 bits per heavy atom. The normalized spacial score (nSPS) is 13.3. The molecule has 65 heavy (non-hydrogen) atoms. The zero-order chi connectivity index (χ0) is 47.7. The molecule has 20 nitrogen and oxygen atoms in total. The smallest absolute Gasteiger partial charge is 0.446 e. The number of H-pyrrole nitrogens is 1. The van der Waals surface area contributed by atoms with Gasteiger partial charge >= 0.3 is 22.5 Å². The van der Waals surface area contributed by atoms with E-state index in [1.54, 1.807) is 69.4 Å². The zero-order valence-corrected chi connectivity index (χ0v) is 36.9. The third kappa shape index (κ3) is 18.0. The van der Waals surface area contributed by atoms with Gasteiger partial charge in [-0.1, -0.05) is 60.7 Å². The number of aryl methyl sites for hydroxylation is 1. The predicted octanol–water partition coefficient (Wildman–Crippen LogP) is 2.36. The topological polar surface area (TPSA) is 315 Å². The molecular weight excluding hydrogens is 867 g/mol. The van der Waals surface area contributed by atoms with Gasteiger partial charge in [0, 0.05) is 42.9 Å². The summed E-state index contributed by atoms with van der Waals surface area (Å²) >= 11 is 0. The fraction of sp³-hybridized carbons (Fsp3) is 0.386. The maximum atomic E-state index is 14.2. The number of aromatic nitrogens is 1. The average Bonchev–Trinajstić information content (AvgIpc) is 3.63. The first-order valence-corrected chi connectivity index (χ1v) is 22.1. The van der Waals surface area contributed by atoms with E-state index in [1.165, 1.54) is 18.2 Å². The lowest BCUT2D eigenvalue weighted by Crippen LogP contribution is -2.59. The average molecular weight is 922 g/mol. The van der Waals surface area contributed by atoms with E-state index >= 15 is 0 Å². The number of nitrogens with one attached hydrogen (secondary N) is 6. The van der Waals surface area contributed by atoms with Crippen molar-refractivity contribution in [2.75, 3.05) is 6.54 Å². The molecule has 10 N–H and O–H groups in total. The molecule has 1 heterocycles. The Morgan fingerprint density at radius 3 is 2.06 bits per heavy atom. The zero-order valence-electron chi connectivity index (χ0n) is 36.1. The van der Waals surface area contributed by atoms with Gasteiger partial charge < -0.3 is 51.3 Å². The molecule has 0 fully saturated rings. The van der Waals surface area contributed by atoms with Crippen molar-refractivity contribution in [1.29, 1.82) is 0 Å². The Hall–Kier alpha value is -7.00. The molecule has 4 aromatic rings. The Balaban J connectivity index is 1.50. The molecule has 350 valence electrons. The van der Waals surface area contributed by atoms with Gasteiger partial charge in [-0.3, -0.25) is 33.3 Å². The molecule has 0 saturated heterocycles. The van der Waals surface area contributed by atoms with E-state index in [0.717, 1.165) is 10.9 Å². The van der Waals surface area contributed by atoms with Gasteiger partial charge in [-0.25, -0.2) is 4.79 Å². The number of alkyl carbamates (subject to hydrolysis) is 1. The monoisotopic (exact) mass is 921 g/mol. The fourth-order valence-electron chi connectivity index (χ4n) is 6.64. The van der Waals surface area contributed by atoms with Crippen LogP contribution in [0.15, 0.2) is 85.1 Å². The van der Waals surface area contributed by atoms with Gasteiger partial charge in [-0.05, 0) is 81.3 Å². The number of carbonyl (C=O) groups excluding carboxylic acids is 6. The lowest BCUT2D eigenvalue weighted by atomic mass is 10.0. The summed E-state index contributed by atoms with van der Waals surface area (Å²) in [6.07, 6.45) is 0.425. The largest absolute Gasteiger partial charge is 0.481 e. The summed E-state index contributed by atoms with van der Waals surface area (Å²) in [6, 6.07) is 16.0. The molecule has 0 saturated carbocycles. The van der Waals surface area contributed by atoms with E-state index in [-0.39, 0.29) is 63.1 Å². The number of hydrogen-bond acceptors (Lipinski definition) is 11. The summed E-state index contributed by atoms with van der Waals surface area (Å²) in [7, 11) is -4.73. The summed E-state index contributed by atoms with van der Waals surface area (Å²) in [5.41, 5.74) is 7.29. The van der Waals surface area contributed by atoms with Crippen LogP contribution >= 0.6 is 0 Å². The van der Waals surface area contributed by atoms with Crippen LogP contribution in [0.3, 0.4) is 0 Å². The van der Waals surface area contributed by atoms with Gasteiger partial charge in [0.15, 0.2) is 0 Å². The highest BCUT2D eigenvalue weighted by Crippen LogP contribution is 2.20. The van der Waals surface area contributed by atoms with Crippen LogP contribution < -0.4 is 36.5 Å². The van der Waals surface area contributed by atoms with Gasteiger partial charge in [0.2, 0.25) is 29.5 Å². The van der Waals surface area contributed by atoms with E-state index in [1.807, 2.05) is 18.2 Å². The molecule has 21 heteroatoms. The van der Waals surface area contributed by atoms with Crippen LogP contribution in [0.4, 0.5) is 4.79 Å². The second kappa shape index (κ2) is 23.6. The van der Waals surface area contributed by atoms with Gasteiger partial charge in [0.05, 0.1) is 6.42 Å². The van der Waals surface area contributed by atoms with E-state index in [4.69, 9.17) is 15.0 Å². The second-order valence-electron chi connectivity index (χ2n) is 16.1. The summed E-state index contributed by atoms with van der Waals surface area (Å²) < 4.78 is 41.0. The number of hydrogen-bond donors (Lipinski definition) is 9. The van der Waals surface area contributed by atoms with E-state index in [2.05, 4.69) is 35.8 Å². The van der Waals surface area contributed by atoms with Crippen LogP contribution in [0.5, 0.6) is 5.75 Å². The Kier molecular flexibility index (Phi) is 18.4. The van der Waals surface area contributed by atoms with Crippen LogP contribution in [0.25, 0.3) is 10.9 Å². The number of carboxylic acid groups (broad SMARTS) is 1. The predicted molar refractivity (Wildman–Crippen MR) is 236 cm³/mol. The number of amides is 6. The van der Waals surface area contributed by atoms with Crippen LogP contribution in [0.2, 0.25) is 0 Å². The molecule has 1 aromatic heterocycles. The number of para-hydroxylation sites is 1. The summed E-state index contributed by atoms with van der Waals surface area (Å²) in [5, 5.41) is 23.3. The maximum Gasteiger partial charge on any atom is 0.446 e. The van der Waals surface area contributed by atoms with E-state index in [9.17, 15) is 47.1 Å². The lowest BCUT2D eigenvalue weighted by Gasteiger charge is -2.27. The summed E-state index contributed by atoms with van der Waals surface area (Å²) in [6.45, 7) is 5.07. The number of fused-ring (bicyclic) bond motifs is 1. The third-order valence-corrected chi connectivity index (χ3v) is 10.1. The molecule has 0 aliphatic carbocycles. The number of aliphatic carboxylic acids is 1. The first kappa shape index (κ1) is 50.6. The van der Waals surface area contributed by atoms with E-state index in [0.29, 0.717) is 16.7 Å². The molecule has 0 bridgehead atoms. The van der Waals surface area contributed by atoms with Crippen LogP contribution in [0.1, 0.15) is 69.6 Å². The van der Waals surface area contributed by atoms with Crippen LogP contribution in [-0.4, -0.2) is 101 Å². The number of aromatic amines is 1. The number of rotatable bonds is 24. The first-order valence-electron chi connectivity index (χ1n) is 20.7. The van der Waals surface area contributed by atoms with Crippen molar-refractivity contribution in [2.24, 2.45) is 5.73 Å². The number of unbranched alkanes of at least 4 members (excludes halogenated alkanes) is 1. The lowest BCUT2D eigenvalue weighted by molar-refractivity contribution is -0.141. The number of ether oxygens (including phenoxy) is 1. The highest BCUT2D eigenvalue weighted by atomic mass is 32.3. The van der Waals surface area contributed by atoms with Gasteiger partial charge in [-0.2, -0.15) is 8.42 Å². The standard InChI is InChI=1S/C44H55N7O13S/c1-44(2,3)63-43(59)51-35(24-29-26-47-32-17-8-7-16-31(29)32)41(57)48-33(18-9-10-21-46-37(52)20-19-28-14-11-15-30(22-28)64-65(60,61)62)40(56)50-36(25-38(53)54)42(58)49-34(39(45)55)23-27-12-5-4-6-13-27/h4-8,11-17,22,26,33-36,47H,9-10,18-21,23-25H2,1-3H3,(H2,45,55)(H,46,52)(H,48,57)(H,49,58)(H,50,56)(H,51,59)(H,53,54)(H,60,61,62)/t33-,34-,35-,36-/m0/s1. The molecule has 3 aromatic carbocycles. The molecule has 0 aliphatic heterocycles. The minimum atomic E-state index is -4.73. The van der Waals surface area contributed by atoms with Crippen molar-refractivity contribution < 1.29 is 60.6 Å². The van der Waals surface area contributed by atoms with Crippen molar-refractivity contribution in [3.05, 3.63) is 102 Å². The van der Waals surface area contributed by atoms with Crippen molar-refractivity contribution in [2.45, 2.75) is 102 Å². The molecule has 4 atom stereocenters. The van der Waals surface area contributed by atoms with Gasteiger partial charge in [0.1, 0.15) is 35.5 Å². The molecule has 6 amide bonds. The minimum Gasteiger partial charge on any atom is -0.481 e. The summed E-state index contributed by atoms with van der Waals surface area (Å²) in [4.78, 5) is 94.9. The number of carbonyl (C=O) groups is 7. The Morgan fingerprint density at radius 1 is 0.754 bits per heavy atom. The Bertz CT molecular complexity index is 2420. The SMILES string of the molecule is CC(C)(C)OC(=O)N[C@@H](Cc1c[nH]c2ccccc12)C(=O)N[C@@H](CCCCNC(=O)CCc1cccc(OS(=O)(=O)O)c1)C(=O)N[C@@H](CC(=O)O)C(=O)N[C@@H](Cc1ccccc1)C(N)=O. The fourth-order valence-corrected chi connectivity index (χ4v) is 6.99. The van der Waals surface area contributed by atoms with E-state index < -0.39 is 82.3 Å². The third-order valence-electron chi connectivity index (χ3n) is 9.68. The minimum absolute atomic E-state index is 0.00781. The van der Waals surface area contributed by atoms with Crippen molar-refractivity contribution in [1.82, 2.24) is 31.6 Å². The van der Waals surface area contributed by atoms with Gasteiger partial charge in [-0.15, -0.1) is 0 Å². The second-order valence-corrected chi connectivity index (χ2v) is 17.2. The number of nitrogens with two attached hydrogens (primary N) is 1. The van der Waals surface area contributed by atoms with Crippen LogP contribution in [-0.2, 0) is 63.2 Å². The van der Waals surface area contributed by atoms with Crippen molar-refractivity contribution in [3.63, 3.8) is 0 Å². The molecule has 4 rings (SSSR count). The Labute approximate surface area is 375 Å².